The molecule has 0 spiro atoms. The third-order valence-corrected chi connectivity index (χ3v) is 7.68. The van der Waals surface area contributed by atoms with Gasteiger partial charge in [-0.05, 0) is 53.6 Å². The van der Waals surface area contributed by atoms with Crippen molar-refractivity contribution in [2.75, 3.05) is 43.1 Å². The molecule has 0 aliphatic carbocycles. The lowest BCUT2D eigenvalue weighted by Crippen LogP contribution is -2.47. The van der Waals surface area contributed by atoms with Crippen molar-refractivity contribution in [3.63, 3.8) is 0 Å². The Hall–Kier alpha value is -4.32. The quantitative estimate of drug-likeness (QED) is 0.203. The molecule has 1 amide bonds. The molecule has 42 heavy (non-hydrogen) atoms. The van der Waals surface area contributed by atoms with Crippen molar-refractivity contribution in [3.05, 3.63) is 102 Å². The summed E-state index contributed by atoms with van der Waals surface area (Å²) in [6.45, 7) is 2.63. The lowest BCUT2D eigenvalue weighted by Gasteiger charge is -2.37. The predicted octanol–water partition coefficient (Wildman–Crippen LogP) is 5.45. The molecule has 0 radical (unpaired) electrons. The second-order valence-corrected chi connectivity index (χ2v) is 10.5. The van der Waals surface area contributed by atoms with Crippen LogP contribution in [0.5, 0.6) is 5.75 Å². The molecule has 5 rings (SSSR count). The minimum atomic E-state index is -4.61. The standard InChI is InChI=1S/C30H29F3N6O2S/c1-41-25-9-7-24(8-10-25)38-12-14-39(15-13-38)27-17-26(30(31,32)33)36-29(37-27)42-20-21-4-2-6-23(16-21)28(40)35-19-22-5-3-11-34-18-22/h2-11,16-18H,12-15,19-20H2,1H3,(H,35,40). The van der Waals surface area contributed by atoms with E-state index in [9.17, 15) is 18.0 Å². The van der Waals surface area contributed by atoms with Crippen LogP contribution in [0.15, 0.2) is 84.3 Å². The van der Waals surface area contributed by atoms with E-state index in [-0.39, 0.29) is 16.9 Å². The van der Waals surface area contributed by atoms with E-state index in [1.165, 1.54) is 0 Å². The number of halogens is 3. The van der Waals surface area contributed by atoms with E-state index in [2.05, 4.69) is 25.2 Å². The first-order valence-electron chi connectivity index (χ1n) is 13.3. The number of methoxy groups -OCH3 is 1. The zero-order valence-corrected chi connectivity index (χ0v) is 23.7. The van der Waals surface area contributed by atoms with Gasteiger partial charge in [0.05, 0.1) is 7.11 Å². The molecule has 0 unspecified atom stereocenters. The van der Waals surface area contributed by atoms with E-state index < -0.39 is 11.9 Å². The first-order valence-corrected chi connectivity index (χ1v) is 14.3. The smallest absolute Gasteiger partial charge is 0.433 e. The molecule has 1 aliphatic heterocycles. The number of rotatable bonds is 9. The number of pyridine rings is 1. The van der Waals surface area contributed by atoms with Crippen LogP contribution >= 0.6 is 11.8 Å². The second-order valence-electron chi connectivity index (χ2n) is 9.60. The van der Waals surface area contributed by atoms with E-state index in [0.29, 0.717) is 44.0 Å². The topological polar surface area (TPSA) is 83.5 Å². The minimum Gasteiger partial charge on any atom is -0.497 e. The molecule has 4 aromatic rings. The molecule has 8 nitrogen and oxygen atoms in total. The fraction of sp³-hybridized carbons (Fsp3) is 0.267. The number of amides is 1. The van der Waals surface area contributed by atoms with Crippen molar-refractivity contribution in [1.29, 1.82) is 0 Å². The summed E-state index contributed by atoms with van der Waals surface area (Å²) >= 11 is 1.10. The van der Waals surface area contributed by atoms with Crippen LogP contribution in [0, 0.1) is 0 Å². The van der Waals surface area contributed by atoms with Crippen LogP contribution in [-0.4, -0.2) is 54.1 Å². The highest BCUT2D eigenvalue weighted by Crippen LogP contribution is 2.33. The predicted molar refractivity (Wildman–Crippen MR) is 156 cm³/mol. The molecule has 0 atom stereocenters. The Morgan fingerprint density at radius 3 is 2.38 bits per heavy atom. The Morgan fingerprint density at radius 1 is 0.952 bits per heavy atom. The second kappa shape index (κ2) is 13.1. The fourth-order valence-electron chi connectivity index (χ4n) is 4.51. The Balaban J connectivity index is 1.24. The maximum absolute atomic E-state index is 13.8. The molecular formula is C30H29F3N6O2S. The summed E-state index contributed by atoms with van der Waals surface area (Å²) in [5.74, 6) is 1.06. The first-order chi connectivity index (χ1) is 20.3. The largest absolute Gasteiger partial charge is 0.497 e. The van der Waals surface area contributed by atoms with Gasteiger partial charge in [-0.25, -0.2) is 9.97 Å². The molecule has 1 saturated heterocycles. The summed E-state index contributed by atoms with van der Waals surface area (Å²) in [7, 11) is 1.61. The lowest BCUT2D eigenvalue weighted by atomic mass is 10.1. The van der Waals surface area contributed by atoms with Gasteiger partial charge in [-0.3, -0.25) is 9.78 Å². The third kappa shape index (κ3) is 7.49. The van der Waals surface area contributed by atoms with Gasteiger partial charge in [-0.15, -0.1) is 0 Å². The number of nitrogens with zero attached hydrogens (tertiary/aromatic N) is 5. The van der Waals surface area contributed by atoms with Crippen molar-refractivity contribution < 1.29 is 22.7 Å². The van der Waals surface area contributed by atoms with Crippen LogP contribution in [-0.2, 0) is 18.5 Å². The summed E-state index contributed by atoms with van der Waals surface area (Å²) < 4.78 is 46.5. The van der Waals surface area contributed by atoms with E-state index >= 15 is 0 Å². The number of ether oxygens (including phenoxy) is 1. The highest BCUT2D eigenvalue weighted by atomic mass is 32.2. The van der Waals surface area contributed by atoms with Gasteiger partial charge in [-0.1, -0.05) is 30.0 Å². The number of aromatic nitrogens is 3. The maximum atomic E-state index is 13.8. The van der Waals surface area contributed by atoms with Crippen molar-refractivity contribution in [2.45, 2.75) is 23.6 Å². The Bertz CT molecular complexity index is 1500. The molecule has 0 saturated carbocycles. The molecule has 1 N–H and O–H groups in total. The number of anilines is 2. The molecule has 1 aliphatic rings. The molecular weight excluding hydrogens is 565 g/mol. The average Bonchev–Trinajstić information content (AvgIpc) is 3.03. The molecule has 1 fully saturated rings. The third-order valence-electron chi connectivity index (χ3n) is 6.76. The number of piperazine rings is 1. The molecule has 12 heteroatoms. The van der Waals surface area contributed by atoms with Gasteiger partial charge in [0.15, 0.2) is 10.9 Å². The van der Waals surface area contributed by atoms with Gasteiger partial charge in [0.1, 0.15) is 11.6 Å². The number of hydrogen-bond acceptors (Lipinski definition) is 8. The number of thioether (sulfide) groups is 1. The van der Waals surface area contributed by atoms with Crippen molar-refractivity contribution in [2.24, 2.45) is 0 Å². The van der Waals surface area contributed by atoms with Gasteiger partial charge in [0, 0.05) is 68.2 Å². The van der Waals surface area contributed by atoms with Crippen LogP contribution in [0.4, 0.5) is 24.7 Å². The van der Waals surface area contributed by atoms with E-state index in [0.717, 1.165) is 40.4 Å². The summed E-state index contributed by atoms with van der Waals surface area (Å²) in [5, 5.41) is 2.88. The van der Waals surface area contributed by atoms with Gasteiger partial charge in [-0.2, -0.15) is 13.2 Å². The first kappa shape index (κ1) is 29.2. The number of nitrogens with one attached hydrogen (secondary N) is 1. The van der Waals surface area contributed by atoms with E-state index in [1.807, 2.05) is 41.3 Å². The van der Waals surface area contributed by atoms with Crippen LogP contribution in [0.3, 0.4) is 0 Å². The number of alkyl halides is 3. The molecule has 0 bridgehead atoms. The Labute approximate surface area is 246 Å². The summed E-state index contributed by atoms with van der Waals surface area (Å²) in [6.07, 6.45) is -1.27. The number of carbonyl (C=O) groups is 1. The van der Waals surface area contributed by atoms with Crippen molar-refractivity contribution >= 4 is 29.2 Å². The summed E-state index contributed by atoms with van der Waals surface area (Å²) in [4.78, 5) is 29.0. The summed E-state index contributed by atoms with van der Waals surface area (Å²) in [6, 6.07) is 19.4. The molecule has 2 aromatic heterocycles. The zero-order chi connectivity index (χ0) is 29.5. The van der Waals surface area contributed by atoms with E-state index in [4.69, 9.17) is 4.74 Å². The van der Waals surface area contributed by atoms with Crippen LogP contribution in [0.1, 0.15) is 27.2 Å². The normalized spacial score (nSPS) is 13.6. The average molecular weight is 595 g/mol. The van der Waals surface area contributed by atoms with Gasteiger partial charge in [0.25, 0.3) is 5.91 Å². The van der Waals surface area contributed by atoms with E-state index in [1.54, 1.807) is 43.8 Å². The van der Waals surface area contributed by atoms with Crippen molar-refractivity contribution in [1.82, 2.24) is 20.3 Å². The number of hydrogen-bond donors (Lipinski definition) is 1. The highest BCUT2D eigenvalue weighted by Gasteiger charge is 2.34. The SMILES string of the molecule is COc1ccc(N2CCN(c3cc(C(F)(F)F)nc(SCc4cccc(C(=O)NCc5cccnc5)c4)n3)CC2)cc1. The molecule has 3 heterocycles. The molecule has 218 valence electrons. The lowest BCUT2D eigenvalue weighted by molar-refractivity contribution is -0.141. The maximum Gasteiger partial charge on any atom is 0.433 e. The monoisotopic (exact) mass is 594 g/mol. The van der Waals surface area contributed by atoms with Crippen LogP contribution in [0.2, 0.25) is 0 Å². The minimum absolute atomic E-state index is 0.0313. The number of carbonyl (C=O) groups excluding carboxylic acids is 1. The van der Waals surface area contributed by atoms with Crippen molar-refractivity contribution in [3.8, 4) is 5.75 Å². The van der Waals surface area contributed by atoms with Gasteiger partial charge in [0.2, 0.25) is 0 Å². The number of benzene rings is 2. The Morgan fingerprint density at radius 2 is 1.69 bits per heavy atom. The van der Waals surface area contributed by atoms with Crippen LogP contribution < -0.4 is 19.9 Å². The fourth-order valence-corrected chi connectivity index (χ4v) is 5.31. The summed E-state index contributed by atoms with van der Waals surface area (Å²) in [5.41, 5.74) is 2.15. The molecule has 2 aromatic carbocycles. The highest BCUT2D eigenvalue weighted by molar-refractivity contribution is 7.98. The van der Waals surface area contributed by atoms with Crippen LogP contribution in [0.25, 0.3) is 0 Å². The van der Waals surface area contributed by atoms with Gasteiger partial charge < -0.3 is 19.9 Å². The van der Waals surface area contributed by atoms with Gasteiger partial charge >= 0.3 is 6.18 Å². The zero-order valence-electron chi connectivity index (χ0n) is 22.8. The Kier molecular flexibility index (Phi) is 9.11.